The second-order valence-electron chi connectivity index (χ2n) is 2.28. The van der Waals surface area contributed by atoms with Crippen molar-refractivity contribution in [3.63, 3.8) is 0 Å². The molecule has 0 radical (unpaired) electrons. The highest BCUT2D eigenvalue weighted by Crippen LogP contribution is 2.06. The third-order valence-corrected chi connectivity index (χ3v) is 1.39. The Balaban J connectivity index is 2.37. The fourth-order valence-electron chi connectivity index (χ4n) is 0.844. The molecule has 0 atom stereocenters. The lowest BCUT2D eigenvalue weighted by atomic mass is 10.3. The van der Waals surface area contributed by atoms with Gasteiger partial charge in [-0.25, -0.2) is 0 Å². The summed E-state index contributed by atoms with van der Waals surface area (Å²) >= 11 is 0. The van der Waals surface area contributed by atoms with Crippen LogP contribution >= 0.6 is 0 Å². The molecule has 1 rings (SSSR count). The quantitative estimate of drug-likeness (QED) is 0.617. The van der Waals surface area contributed by atoms with Crippen LogP contribution in [-0.2, 0) is 0 Å². The smallest absolute Gasteiger partial charge is 0.0561 e. The second-order valence-corrected chi connectivity index (χ2v) is 2.28. The molecule has 0 amide bonds. The lowest BCUT2D eigenvalue weighted by Gasteiger charge is -1.94. The summed E-state index contributed by atoms with van der Waals surface area (Å²) in [6.07, 6.45) is 4.94. The van der Waals surface area contributed by atoms with E-state index in [1.807, 2.05) is 19.2 Å². The summed E-state index contributed by atoms with van der Waals surface area (Å²) in [5.74, 6) is 0. The van der Waals surface area contributed by atoms with Crippen LogP contribution in [0.2, 0.25) is 0 Å². The van der Waals surface area contributed by atoms with Crippen molar-refractivity contribution in [2.45, 2.75) is 6.42 Å². The predicted molar refractivity (Wildman–Crippen MR) is 44.3 cm³/mol. The Bertz CT molecular complexity index is 189. The lowest BCUT2D eigenvalue weighted by Crippen LogP contribution is -2.10. The highest BCUT2D eigenvalue weighted by molar-refractivity contribution is 5.98. The molecule has 0 aromatic rings. The first-order chi connectivity index (χ1) is 4.83. The molecular formula is C8H12N2. The molecule has 1 aliphatic heterocycles. The Labute approximate surface area is 61.4 Å². The van der Waals surface area contributed by atoms with Crippen LogP contribution in [0, 0.1) is 0 Å². The molecule has 0 spiro atoms. The molecule has 0 bridgehead atoms. The number of hydrogen-bond acceptors (Lipinski definition) is 2. The van der Waals surface area contributed by atoms with Gasteiger partial charge in [-0.15, -0.1) is 0 Å². The zero-order valence-electron chi connectivity index (χ0n) is 6.22. The van der Waals surface area contributed by atoms with Crippen LogP contribution in [-0.4, -0.2) is 19.3 Å². The zero-order chi connectivity index (χ0) is 7.40. The molecule has 0 aliphatic carbocycles. The van der Waals surface area contributed by atoms with Crippen LogP contribution in [0.3, 0.4) is 0 Å². The first-order valence-electron chi connectivity index (χ1n) is 3.42. The maximum atomic E-state index is 4.20. The fourth-order valence-corrected chi connectivity index (χ4v) is 0.844. The van der Waals surface area contributed by atoms with Crippen LogP contribution in [0.25, 0.3) is 0 Å². The minimum absolute atomic E-state index is 0.867. The summed E-state index contributed by atoms with van der Waals surface area (Å²) in [4.78, 5) is 4.20. The maximum Gasteiger partial charge on any atom is 0.0561 e. The van der Waals surface area contributed by atoms with Crippen molar-refractivity contribution in [1.29, 1.82) is 0 Å². The van der Waals surface area contributed by atoms with E-state index in [1.165, 1.54) is 0 Å². The van der Waals surface area contributed by atoms with Crippen LogP contribution < -0.4 is 5.32 Å². The number of aliphatic imine (C=N–C) groups is 1. The molecule has 10 heavy (non-hydrogen) atoms. The van der Waals surface area contributed by atoms with Crippen molar-refractivity contribution < 1.29 is 0 Å². The maximum absolute atomic E-state index is 4.20. The van der Waals surface area contributed by atoms with Crippen molar-refractivity contribution in [2.24, 2.45) is 4.99 Å². The molecule has 0 aromatic carbocycles. The monoisotopic (exact) mass is 136 g/mol. The normalized spacial score (nSPS) is 16.1. The van der Waals surface area contributed by atoms with E-state index in [0.717, 1.165) is 24.4 Å². The minimum Gasteiger partial charge on any atom is -0.319 e. The summed E-state index contributed by atoms with van der Waals surface area (Å²) in [6, 6.07) is 0. The molecule has 54 valence electrons. The van der Waals surface area contributed by atoms with Crippen LogP contribution in [0.15, 0.2) is 29.4 Å². The largest absolute Gasteiger partial charge is 0.319 e. The Hall–Kier alpha value is -0.890. The Morgan fingerprint density at radius 1 is 1.60 bits per heavy atom. The van der Waals surface area contributed by atoms with E-state index in [0.29, 0.717) is 0 Å². The Morgan fingerprint density at radius 3 is 2.90 bits per heavy atom. The van der Waals surface area contributed by atoms with Gasteiger partial charge in [0.15, 0.2) is 0 Å². The van der Waals surface area contributed by atoms with Crippen LogP contribution in [0.4, 0.5) is 0 Å². The van der Waals surface area contributed by atoms with Gasteiger partial charge in [0.1, 0.15) is 0 Å². The molecule has 0 fully saturated rings. The average Bonchev–Trinajstić information content (AvgIpc) is 2.31. The predicted octanol–water partition coefficient (Wildman–Crippen LogP) is 1.12. The first-order valence-corrected chi connectivity index (χ1v) is 3.42. The van der Waals surface area contributed by atoms with E-state index in [-0.39, 0.29) is 0 Å². The zero-order valence-corrected chi connectivity index (χ0v) is 6.22. The summed E-state index contributed by atoms with van der Waals surface area (Å²) in [5, 5.41) is 3.07. The number of hydrogen-bond donors (Lipinski definition) is 1. The van der Waals surface area contributed by atoms with Crippen LogP contribution in [0.1, 0.15) is 6.42 Å². The molecule has 2 nitrogen and oxygen atoms in total. The third-order valence-electron chi connectivity index (χ3n) is 1.39. The second kappa shape index (κ2) is 3.32. The van der Waals surface area contributed by atoms with Crippen molar-refractivity contribution in [3.05, 3.63) is 24.4 Å². The van der Waals surface area contributed by atoms with Gasteiger partial charge in [0.05, 0.1) is 5.70 Å². The summed E-state index contributed by atoms with van der Waals surface area (Å²) in [5.41, 5.74) is 1.99. The molecule has 0 unspecified atom stereocenters. The van der Waals surface area contributed by atoms with E-state index in [4.69, 9.17) is 0 Å². The van der Waals surface area contributed by atoms with Gasteiger partial charge >= 0.3 is 0 Å². The fraction of sp³-hybridized carbons (Fsp3) is 0.375. The van der Waals surface area contributed by atoms with Gasteiger partial charge in [-0.2, -0.15) is 0 Å². The number of rotatable bonds is 3. The molecule has 2 heteroatoms. The molecular weight excluding hydrogens is 124 g/mol. The molecule has 1 heterocycles. The average molecular weight is 136 g/mol. The lowest BCUT2D eigenvalue weighted by molar-refractivity contribution is 0.826. The molecule has 1 aliphatic rings. The topological polar surface area (TPSA) is 24.4 Å². The van der Waals surface area contributed by atoms with E-state index in [1.54, 1.807) is 0 Å². The highest BCUT2D eigenvalue weighted by atomic mass is 14.8. The van der Waals surface area contributed by atoms with Gasteiger partial charge in [-0.3, -0.25) is 4.99 Å². The van der Waals surface area contributed by atoms with Gasteiger partial charge in [-0.05, 0) is 19.2 Å². The molecule has 1 N–H and O–H groups in total. The Kier molecular flexibility index (Phi) is 2.40. The van der Waals surface area contributed by atoms with Crippen molar-refractivity contribution in [2.75, 3.05) is 13.6 Å². The molecule has 0 saturated heterocycles. The third kappa shape index (κ3) is 1.81. The summed E-state index contributed by atoms with van der Waals surface area (Å²) < 4.78 is 0. The van der Waals surface area contributed by atoms with Crippen molar-refractivity contribution >= 4 is 5.71 Å². The van der Waals surface area contributed by atoms with Gasteiger partial charge < -0.3 is 5.32 Å². The highest BCUT2D eigenvalue weighted by Gasteiger charge is 1.99. The molecule has 0 saturated carbocycles. The van der Waals surface area contributed by atoms with Crippen LogP contribution in [0.5, 0.6) is 0 Å². The Morgan fingerprint density at radius 2 is 2.40 bits per heavy atom. The van der Waals surface area contributed by atoms with Gasteiger partial charge in [0.25, 0.3) is 0 Å². The van der Waals surface area contributed by atoms with E-state index in [9.17, 15) is 0 Å². The van der Waals surface area contributed by atoms with Crippen molar-refractivity contribution in [1.82, 2.24) is 5.32 Å². The van der Waals surface area contributed by atoms with Gasteiger partial charge in [-0.1, -0.05) is 6.58 Å². The van der Waals surface area contributed by atoms with E-state index >= 15 is 0 Å². The standard InChI is InChI=1S/C8H12N2/c1-7-3-4-8(10-7)5-6-9-2/h3-4,9H,1,5-6H2,2H3. The van der Waals surface area contributed by atoms with E-state index in [2.05, 4.69) is 16.9 Å². The number of nitrogens with one attached hydrogen (secondary N) is 1. The van der Waals surface area contributed by atoms with Crippen molar-refractivity contribution in [3.8, 4) is 0 Å². The molecule has 0 aromatic heterocycles. The summed E-state index contributed by atoms with van der Waals surface area (Å²) in [6.45, 7) is 4.70. The number of allylic oxidation sites excluding steroid dienone is 2. The number of nitrogens with zero attached hydrogens (tertiary/aromatic N) is 1. The summed E-state index contributed by atoms with van der Waals surface area (Å²) in [7, 11) is 1.94. The van der Waals surface area contributed by atoms with Gasteiger partial charge in [0.2, 0.25) is 0 Å². The minimum atomic E-state index is 0.867. The van der Waals surface area contributed by atoms with Gasteiger partial charge in [0, 0.05) is 18.7 Å². The SMILES string of the molecule is C=C1C=CC(CCNC)=N1. The van der Waals surface area contributed by atoms with E-state index < -0.39 is 0 Å². The first kappa shape index (κ1) is 7.22.